The lowest BCUT2D eigenvalue weighted by atomic mass is 10.1. The van der Waals surface area contributed by atoms with Crippen LogP contribution in [-0.4, -0.2) is 28.0 Å². The average molecular weight is 403 g/mol. The van der Waals surface area contributed by atoms with E-state index in [9.17, 15) is 19.1 Å². The maximum atomic E-state index is 14.8. The summed E-state index contributed by atoms with van der Waals surface area (Å²) in [7, 11) is 0. The van der Waals surface area contributed by atoms with Crippen LogP contribution in [0.5, 0.6) is 5.75 Å². The number of halogens is 2. The Labute approximate surface area is 166 Å². The van der Waals surface area contributed by atoms with Crippen molar-refractivity contribution in [1.82, 2.24) is 9.88 Å². The summed E-state index contributed by atoms with van der Waals surface area (Å²) in [5.74, 6) is -2.05. The number of aromatic nitrogens is 1. The molecule has 0 aliphatic carbocycles. The van der Waals surface area contributed by atoms with Crippen molar-refractivity contribution in [2.45, 2.75) is 26.7 Å². The maximum absolute atomic E-state index is 14.8. The molecule has 5 nitrogen and oxygen atoms in total. The van der Waals surface area contributed by atoms with E-state index in [1.54, 1.807) is 25.1 Å². The van der Waals surface area contributed by atoms with Crippen molar-refractivity contribution in [1.29, 1.82) is 0 Å². The Morgan fingerprint density at radius 1 is 1.25 bits per heavy atom. The minimum Gasteiger partial charge on any atom is -0.505 e. The summed E-state index contributed by atoms with van der Waals surface area (Å²) in [5.41, 5.74) is 1.43. The van der Waals surface area contributed by atoms with Gasteiger partial charge in [0.15, 0.2) is 11.6 Å². The number of nitrogens with one attached hydrogen (secondary N) is 1. The number of benzene rings is 2. The van der Waals surface area contributed by atoms with E-state index in [2.05, 4.69) is 5.32 Å². The molecule has 0 fully saturated rings. The highest BCUT2D eigenvalue weighted by Crippen LogP contribution is 2.33. The van der Waals surface area contributed by atoms with Crippen molar-refractivity contribution < 1.29 is 19.1 Å². The van der Waals surface area contributed by atoms with Gasteiger partial charge >= 0.3 is 0 Å². The van der Waals surface area contributed by atoms with Crippen LogP contribution in [0.25, 0.3) is 10.9 Å². The van der Waals surface area contributed by atoms with Crippen LogP contribution in [0.4, 0.5) is 4.39 Å². The average Bonchev–Trinajstić information content (AvgIpc) is 2.94. The number of aromatic hydroxyl groups is 1. The number of rotatable bonds is 5. The first-order valence-corrected chi connectivity index (χ1v) is 9.31. The highest BCUT2D eigenvalue weighted by atomic mass is 35.5. The Kier molecular flexibility index (Phi) is 5.70. The first-order valence-electron chi connectivity index (χ1n) is 8.93. The number of hydrogen-bond donors (Lipinski definition) is 2. The molecule has 0 bridgehead atoms. The van der Waals surface area contributed by atoms with E-state index in [-0.39, 0.29) is 23.2 Å². The Bertz CT molecular complexity index is 1080. The molecule has 1 amide bonds. The van der Waals surface area contributed by atoms with Gasteiger partial charge in [-0.25, -0.2) is 4.39 Å². The molecular formula is C21H20ClFN2O3. The zero-order valence-corrected chi connectivity index (χ0v) is 16.3. The van der Waals surface area contributed by atoms with Crippen LogP contribution in [0.2, 0.25) is 5.02 Å². The van der Waals surface area contributed by atoms with Gasteiger partial charge < -0.3 is 10.4 Å². The van der Waals surface area contributed by atoms with Gasteiger partial charge in [-0.1, -0.05) is 24.6 Å². The molecule has 2 aromatic carbocycles. The van der Waals surface area contributed by atoms with Crippen molar-refractivity contribution in [3.63, 3.8) is 0 Å². The van der Waals surface area contributed by atoms with Gasteiger partial charge in [-0.05, 0) is 49.2 Å². The second-order valence-electron chi connectivity index (χ2n) is 6.53. The molecule has 0 unspecified atom stereocenters. The Balaban J connectivity index is 2.18. The van der Waals surface area contributed by atoms with E-state index in [0.29, 0.717) is 28.4 Å². The molecule has 3 aromatic rings. The van der Waals surface area contributed by atoms with Gasteiger partial charge in [0.05, 0.1) is 11.9 Å². The van der Waals surface area contributed by atoms with E-state index >= 15 is 0 Å². The third-order valence-electron chi connectivity index (χ3n) is 4.60. The van der Waals surface area contributed by atoms with Crippen LogP contribution in [0.3, 0.4) is 0 Å². The fourth-order valence-corrected chi connectivity index (χ4v) is 3.43. The molecule has 0 aliphatic rings. The van der Waals surface area contributed by atoms with Crippen LogP contribution in [0.15, 0.2) is 36.4 Å². The Morgan fingerprint density at radius 2 is 2.00 bits per heavy atom. The molecule has 0 saturated carbocycles. The third-order valence-corrected chi connectivity index (χ3v) is 4.83. The summed E-state index contributed by atoms with van der Waals surface area (Å²) in [5, 5.41) is 13.0. The van der Waals surface area contributed by atoms with Crippen LogP contribution in [0, 0.1) is 12.7 Å². The first kappa shape index (κ1) is 19.9. The van der Waals surface area contributed by atoms with Gasteiger partial charge in [0.2, 0.25) is 5.91 Å². The number of phenols is 1. The normalized spacial score (nSPS) is 11.0. The van der Waals surface area contributed by atoms with Gasteiger partial charge in [-0.3, -0.25) is 14.2 Å². The summed E-state index contributed by atoms with van der Waals surface area (Å²) >= 11 is 6.00. The molecule has 0 aliphatic heterocycles. The molecule has 146 valence electrons. The van der Waals surface area contributed by atoms with E-state index < -0.39 is 17.5 Å². The highest BCUT2D eigenvalue weighted by Gasteiger charge is 2.25. The number of nitrogens with zero attached hydrogens (tertiary/aromatic N) is 1. The van der Waals surface area contributed by atoms with E-state index in [4.69, 9.17) is 11.6 Å². The monoisotopic (exact) mass is 402 g/mol. The lowest BCUT2D eigenvalue weighted by Gasteiger charge is -2.08. The summed E-state index contributed by atoms with van der Waals surface area (Å²) < 4.78 is 16.1. The first-order chi connectivity index (χ1) is 13.3. The molecule has 28 heavy (non-hydrogen) atoms. The van der Waals surface area contributed by atoms with Crippen molar-refractivity contribution in [2.75, 3.05) is 6.54 Å². The van der Waals surface area contributed by atoms with Crippen LogP contribution >= 0.6 is 11.6 Å². The quantitative estimate of drug-likeness (QED) is 0.671. The Morgan fingerprint density at radius 3 is 2.68 bits per heavy atom. The van der Waals surface area contributed by atoms with Crippen molar-refractivity contribution in [3.05, 3.63) is 64.1 Å². The topological polar surface area (TPSA) is 71.3 Å². The molecule has 0 radical (unpaired) electrons. The van der Waals surface area contributed by atoms with Gasteiger partial charge in [0.25, 0.3) is 5.91 Å². The molecule has 1 aromatic heterocycles. The van der Waals surface area contributed by atoms with Crippen molar-refractivity contribution in [3.8, 4) is 5.75 Å². The lowest BCUT2D eigenvalue weighted by molar-refractivity contribution is -0.120. The maximum Gasteiger partial charge on any atom is 0.262 e. The zero-order valence-electron chi connectivity index (χ0n) is 15.6. The van der Waals surface area contributed by atoms with Crippen LogP contribution < -0.4 is 5.32 Å². The van der Waals surface area contributed by atoms with Gasteiger partial charge in [0, 0.05) is 28.2 Å². The predicted octanol–water partition coefficient (Wildman–Crippen LogP) is 4.21. The third kappa shape index (κ3) is 3.60. The number of phenolic OH excluding ortho intramolecular Hbond substituents is 1. The smallest absolute Gasteiger partial charge is 0.262 e. The number of carbonyl (C=O) groups excluding carboxylic acids is 2. The Hall–Kier alpha value is -2.86. The summed E-state index contributed by atoms with van der Waals surface area (Å²) in [4.78, 5) is 25.4. The standard InChI is InChI=1S/C21H20ClFN2O3/c1-3-9-24-18(27)11-15-12(2)25(16-7-8-17(26)20(23)19(15)16)21(28)13-5-4-6-14(22)10-13/h4-8,10,26H,3,9,11H2,1-2H3,(H,24,27). The van der Waals surface area contributed by atoms with Gasteiger partial charge in [-0.15, -0.1) is 0 Å². The minimum absolute atomic E-state index is 0.0690. The number of amides is 1. The van der Waals surface area contributed by atoms with E-state index in [1.165, 1.54) is 22.8 Å². The van der Waals surface area contributed by atoms with Crippen LogP contribution in [0.1, 0.15) is 35.0 Å². The summed E-state index contributed by atoms with van der Waals surface area (Å²) in [6.45, 7) is 4.09. The van der Waals surface area contributed by atoms with E-state index in [1.807, 2.05) is 6.92 Å². The fraction of sp³-hybridized carbons (Fsp3) is 0.238. The predicted molar refractivity (Wildman–Crippen MR) is 106 cm³/mol. The molecule has 1 heterocycles. The molecule has 7 heteroatoms. The number of carbonyl (C=O) groups is 2. The second kappa shape index (κ2) is 8.02. The molecule has 3 rings (SSSR count). The lowest BCUT2D eigenvalue weighted by Crippen LogP contribution is -2.26. The largest absolute Gasteiger partial charge is 0.505 e. The highest BCUT2D eigenvalue weighted by molar-refractivity contribution is 6.31. The zero-order chi connectivity index (χ0) is 20.4. The fourth-order valence-electron chi connectivity index (χ4n) is 3.24. The summed E-state index contributed by atoms with van der Waals surface area (Å²) in [6.07, 6.45) is 0.674. The second-order valence-corrected chi connectivity index (χ2v) is 6.97. The van der Waals surface area contributed by atoms with E-state index in [0.717, 1.165) is 6.42 Å². The van der Waals surface area contributed by atoms with Crippen LogP contribution in [-0.2, 0) is 11.2 Å². The summed E-state index contributed by atoms with van der Waals surface area (Å²) in [6, 6.07) is 9.11. The molecule has 0 spiro atoms. The molecule has 0 saturated heterocycles. The number of fused-ring (bicyclic) bond motifs is 1. The molecular weight excluding hydrogens is 383 g/mol. The molecule has 2 N–H and O–H groups in total. The van der Waals surface area contributed by atoms with Crippen molar-refractivity contribution >= 4 is 34.3 Å². The van der Waals surface area contributed by atoms with Crippen molar-refractivity contribution in [2.24, 2.45) is 0 Å². The minimum atomic E-state index is -0.850. The molecule has 0 atom stereocenters. The SMILES string of the molecule is CCCNC(=O)Cc1c(C)n(C(=O)c2cccc(Cl)c2)c2ccc(O)c(F)c12. The van der Waals surface area contributed by atoms with Gasteiger partial charge in [0.1, 0.15) is 0 Å². The number of hydrogen-bond acceptors (Lipinski definition) is 3. The van der Waals surface area contributed by atoms with Gasteiger partial charge in [-0.2, -0.15) is 0 Å².